The summed E-state index contributed by atoms with van der Waals surface area (Å²) in [6.45, 7) is 18.9. The normalized spacial score (nSPS) is 13.0. The maximum absolute atomic E-state index is 6.76. The highest BCUT2D eigenvalue weighted by Gasteiger charge is 2.30. The van der Waals surface area contributed by atoms with E-state index in [0.29, 0.717) is 6.67 Å². The number of rotatable bonds is 7. The standard InChI is InChI=1S/C58H54N4O/c1-38-29-41(40-17-10-9-11-18-40)25-27-48(38)51-36-59-56(30-39(51)2)62-52-22-13-12-21-49(52)50-28-26-47(35-55(50)62)63-46-20-16-19-44(34-46)60-37-61(54-24-15-14-23-53(54)60)45-32-42(57(3,4)5)31-43(33-45)58(6,7)8/h9-36H,37H2,1-8H3. The van der Waals surface area contributed by atoms with Gasteiger partial charge in [-0.25, -0.2) is 4.98 Å². The minimum atomic E-state index is 0.0217. The van der Waals surface area contributed by atoms with E-state index < -0.39 is 0 Å². The number of hydrogen-bond donors (Lipinski definition) is 0. The average molecular weight is 823 g/mol. The molecule has 0 aliphatic carbocycles. The Hall–Kier alpha value is -7.11. The van der Waals surface area contributed by atoms with Gasteiger partial charge >= 0.3 is 0 Å². The fourth-order valence-electron chi connectivity index (χ4n) is 9.12. The first-order valence-corrected chi connectivity index (χ1v) is 22.0. The zero-order valence-electron chi connectivity index (χ0n) is 37.6. The Balaban J connectivity index is 0.974. The smallest absolute Gasteiger partial charge is 0.137 e. The summed E-state index contributed by atoms with van der Waals surface area (Å²) in [5.74, 6) is 2.42. The number of aromatic nitrogens is 2. The maximum atomic E-state index is 6.76. The Morgan fingerprint density at radius 2 is 1.11 bits per heavy atom. The molecule has 2 aromatic heterocycles. The van der Waals surface area contributed by atoms with Crippen LogP contribution in [0.4, 0.5) is 22.7 Å². The number of aryl methyl sites for hydroxylation is 2. The summed E-state index contributed by atoms with van der Waals surface area (Å²) in [5, 5.41) is 2.33. The number of benzene rings is 7. The van der Waals surface area contributed by atoms with Gasteiger partial charge in [0, 0.05) is 46.0 Å². The van der Waals surface area contributed by atoms with Crippen molar-refractivity contribution in [2.45, 2.75) is 66.2 Å². The molecule has 3 heterocycles. The molecule has 0 saturated carbocycles. The van der Waals surface area contributed by atoms with Crippen molar-refractivity contribution in [3.8, 4) is 39.6 Å². The van der Waals surface area contributed by atoms with Crippen molar-refractivity contribution in [2.24, 2.45) is 0 Å². The predicted molar refractivity (Wildman–Crippen MR) is 265 cm³/mol. The molecule has 0 atom stereocenters. The summed E-state index contributed by atoms with van der Waals surface area (Å²) in [7, 11) is 0. The minimum absolute atomic E-state index is 0.0217. The Labute approximate surface area is 371 Å². The molecule has 5 heteroatoms. The van der Waals surface area contributed by atoms with E-state index in [1.165, 1.54) is 61.4 Å². The van der Waals surface area contributed by atoms with Gasteiger partial charge in [-0.3, -0.25) is 4.57 Å². The van der Waals surface area contributed by atoms with Crippen molar-refractivity contribution >= 4 is 44.6 Å². The molecule has 0 radical (unpaired) electrons. The molecule has 0 spiro atoms. The van der Waals surface area contributed by atoms with Crippen LogP contribution in [0.5, 0.6) is 11.5 Å². The Bertz CT molecular complexity index is 3150. The van der Waals surface area contributed by atoms with Crippen LogP contribution in [0, 0.1) is 13.8 Å². The van der Waals surface area contributed by atoms with Crippen LogP contribution < -0.4 is 14.5 Å². The van der Waals surface area contributed by atoms with E-state index in [1.54, 1.807) is 0 Å². The van der Waals surface area contributed by atoms with E-state index in [9.17, 15) is 0 Å². The molecule has 1 aliphatic heterocycles. The molecule has 0 N–H and O–H groups in total. The topological polar surface area (TPSA) is 33.5 Å². The monoisotopic (exact) mass is 822 g/mol. The second-order valence-electron chi connectivity index (χ2n) is 19.1. The molecule has 9 aromatic rings. The highest BCUT2D eigenvalue weighted by Crippen LogP contribution is 2.47. The van der Waals surface area contributed by atoms with Crippen molar-refractivity contribution in [1.82, 2.24) is 9.55 Å². The average Bonchev–Trinajstić information content (AvgIpc) is 3.82. The van der Waals surface area contributed by atoms with E-state index in [0.717, 1.165) is 45.0 Å². The van der Waals surface area contributed by atoms with Crippen LogP contribution in [0.2, 0.25) is 0 Å². The van der Waals surface area contributed by atoms with Gasteiger partial charge in [-0.15, -0.1) is 0 Å². The first kappa shape index (κ1) is 40.0. The van der Waals surface area contributed by atoms with Gasteiger partial charge < -0.3 is 14.5 Å². The van der Waals surface area contributed by atoms with Crippen molar-refractivity contribution in [2.75, 3.05) is 16.5 Å². The van der Waals surface area contributed by atoms with Crippen molar-refractivity contribution in [3.05, 3.63) is 192 Å². The zero-order valence-corrected chi connectivity index (χ0v) is 37.6. The second kappa shape index (κ2) is 15.4. The molecule has 7 aromatic carbocycles. The van der Waals surface area contributed by atoms with Gasteiger partial charge in [0.15, 0.2) is 0 Å². The molecule has 0 saturated heterocycles. The summed E-state index contributed by atoms with van der Waals surface area (Å²) < 4.78 is 9.03. The third-order valence-corrected chi connectivity index (χ3v) is 12.7. The lowest BCUT2D eigenvalue weighted by Crippen LogP contribution is -2.25. The molecule has 10 rings (SSSR count). The predicted octanol–water partition coefficient (Wildman–Crippen LogP) is 15.8. The lowest BCUT2D eigenvalue weighted by atomic mass is 9.80. The summed E-state index contributed by atoms with van der Waals surface area (Å²) in [4.78, 5) is 9.98. The van der Waals surface area contributed by atoms with E-state index in [2.05, 4.69) is 227 Å². The van der Waals surface area contributed by atoms with Gasteiger partial charge in [0.05, 0.1) is 22.4 Å². The van der Waals surface area contributed by atoms with Crippen LogP contribution in [0.15, 0.2) is 170 Å². The molecule has 0 unspecified atom stereocenters. The van der Waals surface area contributed by atoms with Crippen molar-refractivity contribution < 1.29 is 4.74 Å². The highest BCUT2D eigenvalue weighted by atomic mass is 16.5. The number of nitrogens with zero attached hydrogens (tertiary/aromatic N) is 4. The van der Waals surface area contributed by atoms with Crippen LogP contribution in [-0.2, 0) is 10.8 Å². The summed E-state index contributed by atoms with van der Waals surface area (Å²) in [6, 6.07) is 58.8. The maximum Gasteiger partial charge on any atom is 0.137 e. The molecule has 5 nitrogen and oxygen atoms in total. The molecule has 63 heavy (non-hydrogen) atoms. The number of para-hydroxylation sites is 3. The van der Waals surface area contributed by atoms with Crippen LogP contribution >= 0.6 is 0 Å². The van der Waals surface area contributed by atoms with Crippen LogP contribution in [0.1, 0.15) is 63.8 Å². The quantitative estimate of drug-likeness (QED) is 0.160. The largest absolute Gasteiger partial charge is 0.457 e. The molecule has 0 bridgehead atoms. The van der Waals surface area contributed by atoms with Gasteiger partial charge in [0.1, 0.15) is 24.0 Å². The van der Waals surface area contributed by atoms with E-state index in [-0.39, 0.29) is 10.8 Å². The summed E-state index contributed by atoms with van der Waals surface area (Å²) in [5.41, 5.74) is 16.7. The number of hydrogen-bond acceptors (Lipinski definition) is 4. The van der Waals surface area contributed by atoms with Gasteiger partial charge in [-0.05, 0) is 124 Å². The first-order valence-electron chi connectivity index (χ1n) is 22.0. The molecule has 312 valence electrons. The Morgan fingerprint density at radius 1 is 0.476 bits per heavy atom. The van der Waals surface area contributed by atoms with Gasteiger partial charge in [-0.2, -0.15) is 0 Å². The zero-order chi connectivity index (χ0) is 43.6. The van der Waals surface area contributed by atoms with E-state index >= 15 is 0 Å². The third kappa shape index (κ3) is 7.42. The van der Waals surface area contributed by atoms with Crippen molar-refractivity contribution in [1.29, 1.82) is 0 Å². The number of pyridine rings is 1. The lowest BCUT2D eigenvalue weighted by Gasteiger charge is -2.29. The van der Waals surface area contributed by atoms with E-state index in [1.807, 2.05) is 12.3 Å². The molecular weight excluding hydrogens is 769 g/mol. The minimum Gasteiger partial charge on any atom is -0.457 e. The first-order chi connectivity index (χ1) is 30.3. The third-order valence-electron chi connectivity index (χ3n) is 12.7. The second-order valence-corrected chi connectivity index (χ2v) is 19.1. The van der Waals surface area contributed by atoms with Gasteiger partial charge in [0.25, 0.3) is 0 Å². The Morgan fingerprint density at radius 3 is 1.81 bits per heavy atom. The molecule has 1 aliphatic rings. The van der Waals surface area contributed by atoms with Crippen LogP contribution in [0.25, 0.3) is 49.9 Å². The number of anilines is 4. The fraction of sp³-hybridized carbons (Fsp3) is 0.190. The number of fused-ring (bicyclic) bond motifs is 4. The lowest BCUT2D eigenvalue weighted by molar-refractivity contribution is 0.483. The highest BCUT2D eigenvalue weighted by molar-refractivity contribution is 6.09. The van der Waals surface area contributed by atoms with Gasteiger partial charge in [-0.1, -0.05) is 133 Å². The SMILES string of the molecule is Cc1cc(-c2ccccc2)ccc1-c1cnc(-n2c3ccccc3c3ccc(Oc4cccc(N5CN(c6cc(C(C)(C)C)cc(C(C)(C)C)c6)c6ccccc65)c4)cc32)cc1C. The van der Waals surface area contributed by atoms with Crippen LogP contribution in [-0.4, -0.2) is 16.2 Å². The molecule has 0 fully saturated rings. The summed E-state index contributed by atoms with van der Waals surface area (Å²) in [6.07, 6.45) is 2.03. The molecule has 0 amide bonds. The Kier molecular flexibility index (Phi) is 9.75. The van der Waals surface area contributed by atoms with Crippen LogP contribution in [0.3, 0.4) is 0 Å². The van der Waals surface area contributed by atoms with E-state index in [4.69, 9.17) is 9.72 Å². The summed E-state index contributed by atoms with van der Waals surface area (Å²) >= 11 is 0. The number of ether oxygens (including phenoxy) is 1. The van der Waals surface area contributed by atoms with Crippen molar-refractivity contribution in [3.63, 3.8) is 0 Å². The fourth-order valence-corrected chi connectivity index (χ4v) is 9.12. The molecular formula is C58H54N4O. The van der Waals surface area contributed by atoms with Gasteiger partial charge in [0.2, 0.25) is 0 Å².